The Hall–Kier alpha value is -3.42. The number of piperidine rings is 1. The summed E-state index contributed by atoms with van der Waals surface area (Å²) in [6.45, 7) is 1.77. The number of aryl methyl sites for hydroxylation is 1. The summed E-state index contributed by atoms with van der Waals surface area (Å²) < 4.78 is 0. The van der Waals surface area contributed by atoms with Crippen molar-refractivity contribution in [3.8, 4) is 0 Å². The molecule has 2 aliphatic heterocycles. The molecule has 1 aromatic carbocycles. The van der Waals surface area contributed by atoms with E-state index in [0.717, 1.165) is 44.3 Å². The van der Waals surface area contributed by atoms with Crippen molar-refractivity contribution >= 4 is 29.1 Å². The second kappa shape index (κ2) is 8.17. The van der Waals surface area contributed by atoms with E-state index in [4.69, 9.17) is 11.5 Å². The summed E-state index contributed by atoms with van der Waals surface area (Å²) in [5.41, 5.74) is 13.6. The predicted molar refractivity (Wildman–Crippen MR) is 125 cm³/mol. The number of carbonyl (C=O) groups is 3. The van der Waals surface area contributed by atoms with Gasteiger partial charge < -0.3 is 21.7 Å². The summed E-state index contributed by atoms with van der Waals surface area (Å²) in [7, 11) is 0. The maximum absolute atomic E-state index is 13.0. The number of hydrogen-bond donors (Lipinski definition) is 3. The number of ketones is 1. The van der Waals surface area contributed by atoms with Crippen LogP contribution in [0.25, 0.3) is 0 Å². The van der Waals surface area contributed by atoms with Gasteiger partial charge in [-0.15, -0.1) is 0 Å². The summed E-state index contributed by atoms with van der Waals surface area (Å²) in [6, 6.07) is 7.62. The van der Waals surface area contributed by atoms with Crippen molar-refractivity contribution < 1.29 is 14.4 Å². The number of nitrogens with zero attached hydrogens (tertiary/aromatic N) is 2. The lowest BCUT2D eigenvalue weighted by Crippen LogP contribution is -2.50. The SMILES string of the molecule is Cc1cc(C(N)=O)c(N)cc1C(=O)NC1C[C@H]2CC[C@@H](C1)N2c1ccc(C(=O)C2CC2)cn1. The minimum absolute atomic E-state index is 0.0541. The Bertz CT molecular complexity index is 1110. The van der Waals surface area contributed by atoms with Gasteiger partial charge in [0.15, 0.2) is 5.78 Å². The molecule has 2 amide bonds. The molecule has 1 unspecified atom stereocenters. The van der Waals surface area contributed by atoms with Gasteiger partial charge in [-0.3, -0.25) is 14.4 Å². The number of Topliss-reactive ketones (excluding diaryl/α,β-unsaturated/α-hetero) is 1. The number of primary amides is 1. The van der Waals surface area contributed by atoms with Crippen molar-refractivity contribution in [2.45, 2.75) is 63.6 Å². The maximum Gasteiger partial charge on any atom is 0.251 e. The molecule has 172 valence electrons. The first-order valence-electron chi connectivity index (χ1n) is 11.6. The highest BCUT2D eigenvalue weighted by molar-refractivity contribution is 6.02. The van der Waals surface area contributed by atoms with Gasteiger partial charge in [0, 0.05) is 47.1 Å². The fraction of sp³-hybridized carbons (Fsp3) is 0.440. The van der Waals surface area contributed by atoms with Gasteiger partial charge in [0.2, 0.25) is 0 Å². The molecule has 8 nitrogen and oxygen atoms in total. The third-order valence-corrected chi connectivity index (χ3v) is 7.22. The quantitative estimate of drug-likeness (QED) is 0.461. The fourth-order valence-corrected chi connectivity index (χ4v) is 5.38. The van der Waals surface area contributed by atoms with Gasteiger partial charge in [-0.1, -0.05) is 0 Å². The van der Waals surface area contributed by atoms with Crippen molar-refractivity contribution in [3.05, 3.63) is 52.7 Å². The minimum Gasteiger partial charge on any atom is -0.398 e. The molecule has 1 aliphatic carbocycles. The molecule has 3 atom stereocenters. The van der Waals surface area contributed by atoms with Gasteiger partial charge in [0.05, 0.1) is 5.56 Å². The smallest absolute Gasteiger partial charge is 0.251 e. The lowest BCUT2D eigenvalue weighted by atomic mass is 9.96. The molecule has 2 saturated heterocycles. The number of nitrogens with one attached hydrogen (secondary N) is 1. The van der Waals surface area contributed by atoms with Crippen molar-refractivity contribution in [3.63, 3.8) is 0 Å². The van der Waals surface area contributed by atoms with Crippen LogP contribution in [-0.2, 0) is 0 Å². The fourth-order valence-electron chi connectivity index (χ4n) is 5.38. The number of nitrogen functional groups attached to an aromatic ring is 1. The van der Waals surface area contributed by atoms with Crippen LogP contribution in [0.3, 0.4) is 0 Å². The Labute approximate surface area is 192 Å². The third kappa shape index (κ3) is 4.05. The van der Waals surface area contributed by atoms with E-state index in [0.29, 0.717) is 28.8 Å². The number of nitrogens with two attached hydrogens (primary N) is 2. The average Bonchev–Trinajstić information content (AvgIpc) is 3.60. The number of pyridine rings is 1. The number of benzene rings is 1. The van der Waals surface area contributed by atoms with Gasteiger partial charge in [-0.2, -0.15) is 0 Å². The van der Waals surface area contributed by atoms with Crippen molar-refractivity contribution in [1.29, 1.82) is 0 Å². The van der Waals surface area contributed by atoms with Crippen molar-refractivity contribution in [1.82, 2.24) is 10.3 Å². The van der Waals surface area contributed by atoms with E-state index in [1.807, 2.05) is 12.1 Å². The molecule has 3 fully saturated rings. The van der Waals surface area contributed by atoms with Gasteiger partial charge in [0.25, 0.3) is 11.8 Å². The highest BCUT2D eigenvalue weighted by Crippen LogP contribution is 2.39. The van der Waals surface area contributed by atoms with Crippen molar-refractivity contribution in [2.75, 3.05) is 10.6 Å². The van der Waals surface area contributed by atoms with Crippen molar-refractivity contribution in [2.24, 2.45) is 11.7 Å². The zero-order valence-electron chi connectivity index (χ0n) is 18.7. The van der Waals surface area contributed by atoms with Gasteiger partial charge >= 0.3 is 0 Å². The number of rotatable bonds is 6. The minimum atomic E-state index is -0.606. The summed E-state index contributed by atoms with van der Waals surface area (Å²) in [5, 5.41) is 3.17. The topological polar surface area (TPSA) is 131 Å². The highest BCUT2D eigenvalue weighted by atomic mass is 16.2. The normalized spacial score (nSPS) is 23.9. The molecule has 0 spiro atoms. The maximum atomic E-state index is 13.0. The van der Waals surface area contributed by atoms with E-state index in [1.54, 1.807) is 19.2 Å². The van der Waals surface area contributed by atoms with Crippen LogP contribution in [0, 0.1) is 12.8 Å². The Morgan fingerprint density at radius 1 is 1.03 bits per heavy atom. The molecule has 5 rings (SSSR count). The molecule has 5 N–H and O–H groups in total. The Kier molecular flexibility index (Phi) is 5.31. The molecular formula is C25H29N5O3. The van der Waals surface area contributed by atoms with Crippen LogP contribution >= 0.6 is 0 Å². The molecule has 33 heavy (non-hydrogen) atoms. The molecule has 0 radical (unpaired) electrons. The zero-order valence-corrected chi connectivity index (χ0v) is 18.7. The lowest BCUT2D eigenvalue weighted by molar-refractivity contribution is 0.0923. The number of amides is 2. The van der Waals surface area contributed by atoms with Crippen LogP contribution in [0.15, 0.2) is 30.5 Å². The molecule has 8 heteroatoms. The van der Waals surface area contributed by atoms with E-state index in [-0.39, 0.29) is 34.9 Å². The van der Waals surface area contributed by atoms with E-state index in [2.05, 4.69) is 15.2 Å². The standard InChI is InChI=1S/C25H29N5O3/c1-13-8-20(24(27)32)21(26)11-19(13)25(33)29-16-9-17-5-6-18(10-16)30(17)22-7-4-15(12-28-22)23(31)14-2-3-14/h4,7-8,11-12,14,16-18H,2-3,5-6,9-10,26H2,1H3,(H2,27,32)(H,29,33)/t16?,17-,18+. The monoisotopic (exact) mass is 447 g/mol. The molecule has 2 aromatic rings. The highest BCUT2D eigenvalue weighted by Gasteiger charge is 2.42. The Morgan fingerprint density at radius 2 is 1.73 bits per heavy atom. The number of aromatic nitrogens is 1. The van der Waals surface area contributed by atoms with Crippen LogP contribution in [0.4, 0.5) is 11.5 Å². The first kappa shape index (κ1) is 21.4. The molecule has 1 aromatic heterocycles. The second-order valence-electron chi connectivity index (χ2n) is 9.60. The summed E-state index contributed by atoms with van der Waals surface area (Å²) in [4.78, 5) is 43.7. The molecule has 3 aliphatic rings. The molecule has 3 heterocycles. The second-order valence-corrected chi connectivity index (χ2v) is 9.60. The third-order valence-electron chi connectivity index (χ3n) is 7.22. The molecule has 2 bridgehead atoms. The predicted octanol–water partition coefficient (Wildman–Crippen LogP) is 2.59. The lowest BCUT2D eigenvalue weighted by Gasteiger charge is -2.40. The van der Waals surface area contributed by atoms with E-state index in [9.17, 15) is 14.4 Å². The Morgan fingerprint density at radius 3 is 2.30 bits per heavy atom. The van der Waals surface area contributed by atoms with Crippen LogP contribution in [0.5, 0.6) is 0 Å². The van der Waals surface area contributed by atoms with E-state index < -0.39 is 5.91 Å². The largest absolute Gasteiger partial charge is 0.398 e. The number of fused-ring (bicyclic) bond motifs is 2. The molecular weight excluding hydrogens is 418 g/mol. The number of carbonyl (C=O) groups excluding carboxylic acids is 3. The van der Waals surface area contributed by atoms with E-state index in [1.165, 1.54) is 6.07 Å². The number of anilines is 2. The van der Waals surface area contributed by atoms with Gasteiger partial charge in [0.1, 0.15) is 5.82 Å². The van der Waals surface area contributed by atoms with Crippen LogP contribution < -0.4 is 21.7 Å². The van der Waals surface area contributed by atoms with Gasteiger partial charge in [-0.05, 0) is 75.3 Å². The first-order chi connectivity index (χ1) is 15.8. The zero-order chi connectivity index (χ0) is 23.3. The van der Waals surface area contributed by atoms with Crippen LogP contribution in [0.2, 0.25) is 0 Å². The summed E-state index contributed by atoms with van der Waals surface area (Å²) in [6.07, 6.45) is 7.48. The Balaban J connectivity index is 1.26. The average molecular weight is 448 g/mol. The van der Waals surface area contributed by atoms with Gasteiger partial charge in [-0.25, -0.2) is 4.98 Å². The van der Waals surface area contributed by atoms with Crippen LogP contribution in [0.1, 0.15) is 75.2 Å². The van der Waals surface area contributed by atoms with Crippen LogP contribution in [-0.4, -0.2) is 40.7 Å². The summed E-state index contributed by atoms with van der Waals surface area (Å²) in [5.74, 6) is 0.516. The van der Waals surface area contributed by atoms with E-state index >= 15 is 0 Å². The first-order valence-corrected chi connectivity index (χ1v) is 11.6. The summed E-state index contributed by atoms with van der Waals surface area (Å²) >= 11 is 0. The molecule has 1 saturated carbocycles. The number of hydrogen-bond acceptors (Lipinski definition) is 6.